The number of anilines is 1. The van der Waals surface area contributed by atoms with Crippen LogP contribution >= 0.6 is 0 Å². The van der Waals surface area contributed by atoms with Gasteiger partial charge in [-0.3, -0.25) is 0 Å². The summed E-state index contributed by atoms with van der Waals surface area (Å²) in [5.41, 5.74) is 2.26. The molecule has 0 saturated carbocycles. The van der Waals surface area contributed by atoms with E-state index < -0.39 is 0 Å². The molecule has 0 unspecified atom stereocenters. The first-order chi connectivity index (χ1) is 11.8. The van der Waals surface area contributed by atoms with Crippen LogP contribution in [0.2, 0.25) is 0 Å². The Morgan fingerprint density at radius 2 is 1.58 bits per heavy atom. The Morgan fingerprint density at radius 1 is 0.792 bits per heavy atom. The van der Waals surface area contributed by atoms with Crippen molar-refractivity contribution in [1.82, 2.24) is 0 Å². The molecule has 3 heteroatoms. The summed E-state index contributed by atoms with van der Waals surface area (Å²) in [7, 11) is 0. The number of ether oxygens (including phenoxy) is 2. The van der Waals surface area contributed by atoms with Crippen molar-refractivity contribution in [2.45, 2.75) is 46.1 Å². The Balaban J connectivity index is 1.87. The number of benzene rings is 2. The van der Waals surface area contributed by atoms with Gasteiger partial charge >= 0.3 is 0 Å². The molecular formula is C21H29NO2. The fourth-order valence-electron chi connectivity index (χ4n) is 2.41. The lowest BCUT2D eigenvalue weighted by Gasteiger charge is -2.13. The molecule has 3 nitrogen and oxygen atoms in total. The van der Waals surface area contributed by atoms with Gasteiger partial charge in [0.2, 0.25) is 0 Å². The summed E-state index contributed by atoms with van der Waals surface area (Å²) in [5.74, 6) is 1.89. The van der Waals surface area contributed by atoms with Crippen molar-refractivity contribution < 1.29 is 9.47 Å². The molecule has 0 aliphatic rings. The van der Waals surface area contributed by atoms with Crippen LogP contribution in [0.25, 0.3) is 0 Å². The van der Waals surface area contributed by atoms with Crippen LogP contribution in [0.4, 0.5) is 5.69 Å². The maximum absolute atomic E-state index is 5.93. The number of hydrogen-bond acceptors (Lipinski definition) is 3. The lowest BCUT2D eigenvalue weighted by atomic mass is 10.2. The molecule has 0 aliphatic carbocycles. The molecule has 0 heterocycles. The van der Waals surface area contributed by atoms with Crippen molar-refractivity contribution in [1.29, 1.82) is 0 Å². The van der Waals surface area contributed by atoms with Crippen LogP contribution < -0.4 is 14.8 Å². The average Bonchev–Trinajstić information content (AvgIpc) is 2.63. The molecule has 130 valence electrons. The van der Waals surface area contributed by atoms with E-state index in [0.717, 1.165) is 49.8 Å². The molecule has 0 fully saturated rings. The van der Waals surface area contributed by atoms with Gasteiger partial charge in [-0.25, -0.2) is 0 Å². The molecule has 0 saturated heterocycles. The normalized spacial score (nSPS) is 10.4. The van der Waals surface area contributed by atoms with E-state index in [2.05, 4.69) is 43.4 Å². The Morgan fingerprint density at radius 3 is 2.33 bits per heavy atom. The van der Waals surface area contributed by atoms with Gasteiger partial charge in [0.05, 0.1) is 13.2 Å². The summed E-state index contributed by atoms with van der Waals surface area (Å²) >= 11 is 0. The quantitative estimate of drug-likeness (QED) is 0.540. The molecule has 24 heavy (non-hydrogen) atoms. The van der Waals surface area contributed by atoms with Gasteiger partial charge in [0.15, 0.2) is 0 Å². The number of unbranched alkanes of at least 4 members (excludes halogenated alkanes) is 2. The zero-order valence-corrected chi connectivity index (χ0v) is 14.9. The fourth-order valence-corrected chi connectivity index (χ4v) is 2.41. The van der Waals surface area contributed by atoms with E-state index in [1.165, 1.54) is 18.4 Å². The minimum absolute atomic E-state index is 0.749. The summed E-state index contributed by atoms with van der Waals surface area (Å²) in [5, 5.41) is 3.45. The highest BCUT2D eigenvalue weighted by molar-refractivity contribution is 5.47. The zero-order valence-electron chi connectivity index (χ0n) is 14.9. The molecule has 2 aromatic rings. The average molecular weight is 327 g/mol. The third kappa shape index (κ3) is 6.15. The predicted molar refractivity (Wildman–Crippen MR) is 101 cm³/mol. The lowest BCUT2D eigenvalue weighted by molar-refractivity contribution is 0.303. The van der Waals surface area contributed by atoms with Gasteiger partial charge in [-0.1, -0.05) is 44.9 Å². The van der Waals surface area contributed by atoms with Crippen LogP contribution in [0.1, 0.15) is 45.1 Å². The molecule has 0 spiro atoms. The van der Waals surface area contributed by atoms with E-state index in [0.29, 0.717) is 0 Å². The molecule has 0 radical (unpaired) electrons. The SMILES string of the molecule is CCCCCOc1ccccc1CNc1ccc(OCCC)cc1. The summed E-state index contributed by atoms with van der Waals surface area (Å²) in [4.78, 5) is 0. The monoisotopic (exact) mass is 327 g/mol. The molecule has 0 bridgehead atoms. The van der Waals surface area contributed by atoms with E-state index >= 15 is 0 Å². The van der Waals surface area contributed by atoms with Crippen LogP contribution in [0.5, 0.6) is 11.5 Å². The van der Waals surface area contributed by atoms with E-state index in [-0.39, 0.29) is 0 Å². The Labute approximate surface area is 146 Å². The Hall–Kier alpha value is -2.16. The molecule has 0 amide bonds. The summed E-state index contributed by atoms with van der Waals surface area (Å²) in [6.07, 6.45) is 4.56. The zero-order chi connectivity index (χ0) is 17.0. The summed E-state index contributed by atoms with van der Waals surface area (Å²) in [6, 6.07) is 16.4. The second kappa shape index (κ2) is 10.6. The van der Waals surface area contributed by atoms with E-state index in [9.17, 15) is 0 Å². The highest BCUT2D eigenvalue weighted by Crippen LogP contribution is 2.21. The van der Waals surface area contributed by atoms with E-state index in [1.54, 1.807) is 0 Å². The third-order valence-corrected chi connectivity index (χ3v) is 3.79. The van der Waals surface area contributed by atoms with Crippen LogP contribution in [-0.4, -0.2) is 13.2 Å². The van der Waals surface area contributed by atoms with Gasteiger partial charge < -0.3 is 14.8 Å². The number of rotatable bonds is 11. The van der Waals surface area contributed by atoms with Crippen molar-refractivity contribution in [2.75, 3.05) is 18.5 Å². The van der Waals surface area contributed by atoms with Gasteiger partial charge in [-0.15, -0.1) is 0 Å². The highest BCUT2D eigenvalue weighted by Gasteiger charge is 2.03. The minimum Gasteiger partial charge on any atom is -0.494 e. The summed E-state index contributed by atoms with van der Waals surface area (Å²) < 4.78 is 11.5. The Bertz CT molecular complexity index is 581. The first kappa shape index (κ1) is 18.2. The fraction of sp³-hybridized carbons (Fsp3) is 0.429. The number of nitrogens with one attached hydrogen (secondary N) is 1. The van der Waals surface area contributed by atoms with Gasteiger partial charge in [0.25, 0.3) is 0 Å². The van der Waals surface area contributed by atoms with Gasteiger partial charge in [-0.05, 0) is 43.2 Å². The van der Waals surface area contributed by atoms with Gasteiger partial charge in [0.1, 0.15) is 11.5 Å². The Kier molecular flexibility index (Phi) is 8.02. The summed E-state index contributed by atoms with van der Waals surface area (Å²) in [6.45, 7) is 6.61. The maximum atomic E-state index is 5.93. The smallest absolute Gasteiger partial charge is 0.124 e. The second-order valence-corrected chi connectivity index (χ2v) is 5.89. The maximum Gasteiger partial charge on any atom is 0.124 e. The minimum atomic E-state index is 0.749. The lowest BCUT2D eigenvalue weighted by Crippen LogP contribution is -2.04. The molecular weight excluding hydrogens is 298 g/mol. The van der Waals surface area contributed by atoms with Crippen molar-refractivity contribution >= 4 is 5.69 Å². The van der Waals surface area contributed by atoms with Crippen LogP contribution in [0.15, 0.2) is 48.5 Å². The van der Waals surface area contributed by atoms with E-state index in [1.807, 2.05) is 24.3 Å². The molecule has 1 N–H and O–H groups in total. The first-order valence-corrected chi connectivity index (χ1v) is 9.01. The second-order valence-electron chi connectivity index (χ2n) is 5.89. The number of para-hydroxylation sites is 1. The topological polar surface area (TPSA) is 30.5 Å². The third-order valence-electron chi connectivity index (χ3n) is 3.79. The van der Waals surface area contributed by atoms with E-state index in [4.69, 9.17) is 9.47 Å². The standard InChI is InChI=1S/C21H29NO2/c1-3-5-8-16-24-21-10-7-6-9-18(21)17-22-19-11-13-20(14-12-19)23-15-4-2/h6-7,9-14,22H,3-5,8,15-17H2,1-2H3. The van der Waals surface area contributed by atoms with Crippen molar-refractivity contribution in [3.63, 3.8) is 0 Å². The number of hydrogen-bond donors (Lipinski definition) is 1. The molecule has 0 aliphatic heterocycles. The van der Waals surface area contributed by atoms with Gasteiger partial charge in [0, 0.05) is 17.8 Å². The molecule has 0 atom stereocenters. The molecule has 2 aromatic carbocycles. The van der Waals surface area contributed by atoms with Crippen molar-refractivity contribution in [3.8, 4) is 11.5 Å². The van der Waals surface area contributed by atoms with Crippen LogP contribution in [-0.2, 0) is 6.54 Å². The first-order valence-electron chi connectivity index (χ1n) is 9.01. The van der Waals surface area contributed by atoms with Crippen LogP contribution in [0, 0.1) is 0 Å². The van der Waals surface area contributed by atoms with Crippen molar-refractivity contribution in [3.05, 3.63) is 54.1 Å². The molecule has 0 aromatic heterocycles. The largest absolute Gasteiger partial charge is 0.494 e. The van der Waals surface area contributed by atoms with Gasteiger partial charge in [-0.2, -0.15) is 0 Å². The highest BCUT2D eigenvalue weighted by atomic mass is 16.5. The predicted octanol–water partition coefficient (Wildman–Crippen LogP) is 5.66. The molecule has 2 rings (SSSR count). The van der Waals surface area contributed by atoms with Crippen LogP contribution in [0.3, 0.4) is 0 Å². The van der Waals surface area contributed by atoms with Crippen molar-refractivity contribution in [2.24, 2.45) is 0 Å².